The molecule has 2 saturated carbocycles. The summed E-state index contributed by atoms with van der Waals surface area (Å²) < 4.78 is 5.83. The first kappa shape index (κ1) is 12.0. The van der Waals surface area contributed by atoms with Gasteiger partial charge in [-0.1, -0.05) is 24.1 Å². The molecule has 1 aromatic carbocycles. The van der Waals surface area contributed by atoms with Crippen LogP contribution in [0, 0.1) is 17.8 Å². The molecule has 2 aliphatic carbocycles. The van der Waals surface area contributed by atoms with E-state index in [1.807, 2.05) is 12.1 Å². The van der Waals surface area contributed by atoms with E-state index in [1.54, 1.807) is 6.07 Å². The minimum atomic E-state index is 0.468. The van der Waals surface area contributed by atoms with Crippen LogP contribution in [0.5, 0.6) is 5.75 Å². The van der Waals surface area contributed by atoms with E-state index in [2.05, 4.69) is 0 Å². The second kappa shape index (κ2) is 4.93. The maximum absolute atomic E-state index is 11.0. The van der Waals surface area contributed by atoms with E-state index in [0.29, 0.717) is 22.3 Å². The van der Waals surface area contributed by atoms with Crippen LogP contribution in [0.1, 0.15) is 36.0 Å². The molecule has 0 heterocycles. The quantitative estimate of drug-likeness (QED) is 0.770. The lowest BCUT2D eigenvalue weighted by Gasteiger charge is -2.22. The van der Waals surface area contributed by atoms with Crippen molar-refractivity contribution in [3.05, 3.63) is 28.8 Å². The van der Waals surface area contributed by atoms with Crippen LogP contribution in [-0.2, 0) is 0 Å². The molecule has 0 aliphatic heterocycles. The minimum absolute atomic E-state index is 0.468. The molecule has 3 atom stereocenters. The van der Waals surface area contributed by atoms with Crippen LogP contribution >= 0.6 is 11.6 Å². The maximum atomic E-state index is 11.0. The fraction of sp³-hybridized carbons (Fsp3) is 0.533. The number of hydrogen-bond acceptors (Lipinski definition) is 2. The molecule has 2 fully saturated rings. The average molecular weight is 265 g/mol. The molecule has 0 radical (unpaired) electrons. The van der Waals surface area contributed by atoms with Gasteiger partial charge in [0, 0.05) is 0 Å². The van der Waals surface area contributed by atoms with Gasteiger partial charge >= 0.3 is 0 Å². The molecule has 0 spiro atoms. The van der Waals surface area contributed by atoms with Crippen molar-refractivity contribution in [2.24, 2.45) is 17.8 Å². The van der Waals surface area contributed by atoms with Crippen molar-refractivity contribution in [3.63, 3.8) is 0 Å². The Morgan fingerprint density at radius 2 is 2.22 bits per heavy atom. The lowest BCUT2D eigenvalue weighted by Crippen LogP contribution is -2.18. The molecule has 3 rings (SSSR count). The van der Waals surface area contributed by atoms with Crippen molar-refractivity contribution in [1.29, 1.82) is 0 Å². The summed E-state index contributed by atoms with van der Waals surface area (Å²) in [4.78, 5) is 11.0. The zero-order valence-corrected chi connectivity index (χ0v) is 11.0. The van der Waals surface area contributed by atoms with Gasteiger partial charge in [-0.05, 0) is 49.1 Å². The van der Waals surface area contributed by atoms with E-state index in [4.69, 9.17) is 16.3 Å². The van der Waals surface area contributed by atoms with Crippen molar-refractivity contribution in [1.82, 2.24) is 0 Å². The SMILES string of the molecule is O=Cc1c(Cl)cccc1OCC1CC2CCC1C2. The third-order valence-corrected chi connectivity index (χ3v) is 4.80. The maximum Gasteiger partial charge on any atom is 0.155 e. The Kier molecular flexibility index (Phi) is 3.29. The summed E-state index contributed by atoms with van der Waals surface area (Å²) in [6.45, 7) is 0.725. The summed E-state index contributed by atoms with van der Waals surface area (Å²) in [6, 6.07) is 5.37. The Hall–Kier alpha value is -1.02. The molecule has 1 aromatic rings. The number of fused-ring (bicyclic) bond motifs is 2. The van der Waals surface area contributed by atoms with E-state index in [1.165, 1.54) is 25.7 Å². The van der Waals surface area contributed by atoms with Crippen LogP contribution in [-0.4, -0.2) is 12.9 Å². The average Bonchev–Trinajstić information content (AvgIpc) is 2.98. The first-order valence-electron chi connectivity index (χ1n) is 6.64. The second-order valence-electron chi connectivity index (χ2n) is 5.52. The highest BCUT2D eigenvalue weighted by molar-refractivity contribution is 6.33. The Morgan fingerprint density at radius 3 is 2.89 bits per heavy atom. The topological polar surface area (TPSA) is 26.3 Å². The van der Waals surface area contributed by atoms with Gasteiger partial charge in [0.1, 0.15) is 5.75 Å². The van der Waals surface area contributed by atoms with E-state index < -0.39 is 0 Å². The lowest BCUT2D eigenvalue weighted by atomic mass is 9.89. The number of halogens is 1. The third-order valence-electron chi connectivity index (χ3n) is 4.47. The summed E-state index contributed by atoms with van der Waals surface area (Å²) in [6.07, 6.45) is 6.21. The van der Waals surface area contributed by atoms with E-state index in [9.17, 15) is 4.79 Å². The molecule has 3 heteroatoms. The molecule has 3 unspecified atom stereocenters. The van der Waals surface area contributed by atoms with Crippen LogP contribution in [0.15, 0.2) is 18.2 Å². The fourth-order valence-corrected chi connectivity index (χ4v) is 3.75. The number of carbonyl (C=O) groups is 1. The van der Waals surface area contributed by atoms with Crippen molar-refractivity contribution < 1.29 is 9.53 Å². The first-order chi connectivity index (χ1) is 8.78. The summed E-state index contributed by atoms with van der Waals surface area (Å²) in [5.74, 6) is 3.06. The number of aldehydes is 1. The van der Waals surface area contributed by atoms with E-state index >= 15 is 0 Å². The van der Waals surface area contributed by atoms with E-state index in [0.717, 1.165) is 24.7 Å². The molecular weight excluding hydrogens is 248 g/mol. The molecule has 2 nitrogen and oxygen atoms in total. The molecule has 2 bridgehead atoms. The number of rotatable bonds is 4. The lowest BCUT2D eigenvalue weighted by molar-refractivity contribution is 0.111. The van der Waals surface area contributed by atoms with Gasteiger partial charge in [-0.25, -0.2) is 0 Å². The van der Waals surface area contributed by atoms with Gasteiger partial charge in [0.15, 0.2) is 6.29 Å². The van der Waals surface area contributed by atoms with Gasteiger partial charge in [-0.15, -0.1) is 0 Å². The fourth-order valence-electron chi connectivity index (χ4n) is 3.53. The standard InChI is InChI=1S/C15H17ClO2/c16-14-2-1-3-15(13(14)8-17)18-9-12-7-10-4-5-11(12)6-10/h1-3,8,10-12H,4-7,9H2. The zero-order valence-electron chi connectivity index (χ0n) is 10.3. The Bertz CT molecular complexity index is 458. The summed E-state index contributed by atoms with van der Waals surface area (Å²) in [5, 5.41) is 0.468. The van der Waals surface area contributed by atoms with Crippen LogP contribution in [0.4, 0.5) is 0 Å². The number of hydrogen-bond donors (Lipinski definition) is 0. The highest BCUT2D eigenvalue weighted by atomic mass is 35.5. The Morgan fingerprint density at radius 1 is 1.33 bits per heavy atom. The minimum Gasteiger partial charge on any atom is -0.492 e. The molecule has 0 saturated heterocycles. The van der Waals surface area contributed by atoms with Crippen LogP contribution in [0.25, 0.3) is 0 Å². The van der Waals surface area contributed by atoms with Gasteiger partial charge in [-0.3, -0.25) is 4.79 Å². The molecule has 96 valence electrons. The molecule has 2 aliphatic rings. The summed E-state index contributed by atoms with van der Waals surface area (Å²) in [7, 11) is 0. The van der Waals surface area contributed by atoms with Crippen LogP contribution < -0.4 is 4.74 Å². The van der Waals surface area contributed by atoms with Crippen molar-refractivity contribution in [2.75, 3.05) is 6.61 Å². The predicted molar refractivity (Wildman–Crippen MR) is 71.3 cm³/mol. The summed E-state index contributed by atoms with van der Waals surface area (Å²) >= 11 is 5.98. The predicted octanol–water partition coefficient (Wildman–Crippen LogP) is 3.97. The third kappa shape index (κ3) is 2.14. The number of benzene rings is 1. The molecule has 0 amide bonds. The van der Waals surface area contributed by atoms with Gasteiger partial charge < -0.3 is 4.74 Å². The summed E-state index contributed by atoms with van der Waals surface area (Å²) in [5.41, 5.74) is 0.474. The van der Waals surface area contributed by atoms with Crippen LogP contribution in [0.3, 0.4) is 0 Å². The first-order valence-corrected chi connectivity index (χ1v) is 7.02. The van der Waals surface area contributed by atoms with Crippen molar-refractivity contribution in [3.8, 4) is 5.75 Å². The number of carbonyl (C=O) groups excluding carboxylic acids is 1. The highest BCUT2D eigenvalue weighted by Crippen LogP contribution is 2.48. The molecule has 0 aromatic heterocycles. The zero-order chi connectivity index (χ0) is 12.5. The van der Waals surface area contributed by atoms with Gasteiger partial charge in [0.25, 0.3) is 0 Å². The Labute approximate surface area is 112 Å². The molecular formula is C15H17ClO2. The molecule has 0 N–H and O–H groups in total. The Balaban J connectivity index is 1.67. The normalized spacial score (nSPS) is 29.5. The molecule has 18 heavy (non-hydrogen) atoms. The number of ether oxygens (including phenoxy) is 1. The van der Waals surface area contributed by atoms with Gasteiger partial charge in [0.2, 0.25) is 0 Å². The largest absolute Gasteiger partial charge is 0.492 e. The monoisotopic (exact) mass is 264 g/mol. The van der Waals surface area contributed by atoms with E-state index in [-0.39, 0.29) is 0 Å². The van der Waals surface area contributed by atoms with Gasteiger partial charge in [-0.2, -0.15) is 0 Å². The van der Waals surface area contributed by atoms with Crippen molar-refractivity contribution >= 4 is 17.9 Å². The van der Waals surface area contributed by atoms with Crippen LogP contribution in [0.2, 0.25) is 5.02 Å². The highest BCUT2D eigenvalue weighted by Gasteiger charge is 2.39. The second-order valence-corrected chi connectivity index (χ2v) is 5.92. The smallest absolute Gasteiger partial charge is 0.155 e. The van der Waals surface area contributed by atoms with Gasteiger partial charge in [0.05, 0.1) is 17.2 Å². The van der Waals surface area contributed by atoms with Crippen molar-refractivity contribution in [2.45, 2.75) is 25.7 Å².